The Morgan fingerprint density at radius 3 is 2.69 bits per heavy atom. The third-order valence-corrected chi connectivity index (χ3v) is 6.60. The summed E-state index contributed by atoms with van der Waals surface area (Å²) in [6.07, 6.45) is 2.21. The van der Waals surface area contributed by atoms with Gasteiger partial charge in [-0.05, 0) is 64.0 Å². The topological polar surface area (TPSA) is 50.8 Å². The molecule has 5 nitrogen and oxygen atoms in total. The van der Waals surface area contributed by atoms with Crippen molar-refractivity contribution in [3.05, 3.63) is 58.4 Å². The van der Waals surface area contributed by atoms with Gasteiger partial charge in [-0.15, -0.1) is 0 Å². The number of halogens is 2. The third kappa shape index (κ3) is 5.18. The maximum atomic E-state index is 14.1. The molecule has 2 aliphatic heterocycles. The molecule has 0 spiro atoms. The quantitative estimate of drug-likeness (QED) is 0.673. The molecule has 2 aromatic carbocycles. The number of amides is 1. The number of nitrogens with zero attached hydrogens (tertiary/aromatic N) is 1. The van der Waals surface area contributed by atoms with Gasteiger partial charge in [0.05, 0.1) is 13.2 Å². The molecule has 1 fully saturated rings. The second-order valence-corrected chi connectivity index (χ2v) is 9.75. The zero-order valence-corrected chi connectivity index (χ0v) is 19.5. The smallest absolute Gasteiger partial charge is 0.223 e. The number of rotatable bonds is 5. The molecular weight excluding hydrogens is 431 g/mol. The minimum absolute atomic E-state index is 0.0472. The Balaban J connectivity index is 1.37. The van der Waals surface area contributed by atoms with Gasteiger partial charge in [-0.1, -0.05) is 17.7 Å². The van der Waals surface area contributed by atoms with E-state index < -0.39 is 0 Å². The van der Waals surface area contributed by atoms with Crippen molar-refractivity contribution in [2.75, 3.05) is 20.2 Å². The molecule has 1 saturated heterocycles. The first-order chi connectivity index (χ1) is 15.2. The van der Waals surface area contributed by atoms with E-state index in [2.05, 4.69) is 10.2 Å². The SMILES string of the molecule is COc1ccc2c(c1)OC(C)(C)C[C@H]2NC(=O)C1CCN(Cc2ccc(Cl)cc2F)CC1. The van der Waals surface area contributed by atoms with Crippen molar-refractivity contribution >= 4 is 17.5 Å². The number of benzene rings is 2. The number of methoxy groups -OCH3 is 1. The van der Waals surface area contributed by atoms with Gasteiger partial charge in [-0.2, -0.15) is 0 Å². The van der Waals surface area contributed by atoms with E-state index in [4.69, 9.17) is 21.1 Å². The Morgan fingerprint density at radius 1 is 1.25 bits per heavy atom. The van der Waals surface area contributed by atoms with Crippen LogP contribution in [0.5, 0.6) is 11.5 Å². The summed E-state index contributed by atoms with van der Waals surface area (Å²) in [6, 6.07) is 10.4. The summed E-state index contributed by atoms with van der Waals surface area (Å²) in [6.45, 7) is 6.10. The minimum Gasteiger partial charge on any atom is -0.497 e. The van der Waals surface area contributed by atoms with Crippen molar-refractivity contribution in [2.45, 2.75) is 51.3 Å². The molecule has 0 bridgehead atoms. The van der Waals surface area contributed by atoms with Crippen LogP contribution < -0.4 is 14.8 Å². The highest BCUT2D eigenvalue weighted by atomic mass is 35.5. The molecule has 0 radical (unpaired) electrons. The van der Waals surface area contributed by atoms with E-state index in [1.54, 1.807) is 19.2 Å². The van der Waals surface area contributed by atoms with Crippen LogP contribution >= 0.6 is 11.6 Å². The predicted molar refractivity (Wildman–Crippen MR) is 123 cm³/mol. The number of likely N-dealkylation sites (tertiary alicyclic amines) is 1. The van der Waals surface area contributed by atoms with Gasteiger partial charge in [-0.25, -0.2) is 4.39 Å². The number of fused-ring (bicyclic) bond motifs is 1. The second kappa shape index (κ2) is 9.28. The Labute approximate surface area is 193 Å². The number of hydrogen-bond acceptors (Lipinski definition) is 4. The lowest BCUT2D eigenvalue weighted by atomic mass is 9.88. The number of hydrogen-bond donors (Lipinski definition) is 1. The zero-order valence-electron chi connectivity index (χ0n) is 18.8. The fourth-order valence-corrected chi connectivity index (χ4v) is 4.78. The van der Waals surface area contributed by atoms with Gasteiger partial charge < -0.3 is 14.8 Å². The van der Waals surface area contributed by atoms with E-state index in [1.807, 2.05) is 32.0 Å². The molecule has 2 heterocycles. The average molecular weight is 461 g/mol. The number of nitrogens with one attached hydrogen (secondary N) is 1. The van der Waals surface area contributed by atoms with Gasteiger partial charge in [0, 0.05) is 41.1 Å². The molecule has 7 heteroatoms. The highest BCUT2D eigenvalue weighted by molar-refractivity contribution is 6.30. The number of piperidine rings is 1. The van der Waals surface area contributed by atoms with E-state index in [0.29, 0.717) is 23.6 Å². The van der Waals surface area contributed by atoms with E-state index in [0.717, 1.165) is 43.0 Å². The molecule has 32 heavy (non-hydrogen) atoms. The zero-order chi connectivity index (χ0) is 22.9. The van der Waals surface area contributed by atoms with Crippen LogP contribution in [-0.2, 0) is 11.3 Å². The lowest BCUT2D eigenvalue weighted by Crippen LogP contribution is -2.45. The van der Waals surface area contributed by atoms with Crippen LogP contribution in [0.3, 0.4) is 0 Å². The van der Waals surface area contributed by atoms with E-state index >= 15 is 0 Å². The molecule has 1 amide bonds. The Bertz CT molecular complexity index is 989. The summed E-state index contributed by atoms with van der Waals surface area (Å²) in [4.78, 5) is 15.3. The second-order valence-electron chi connectivity index (χ2n) is 9.32. The molecule has 0 aliphatic carbocycles. The molecule has 172 valence electrons. The standard InChI is InChI=1S/C25H30ClFN2O3/c1-25(2)14-22(20-7-6-19(31-3)13-23(20)32-25)28-24(30)16-8-10-29(11-9-16)15-17-4-5-18(26)12-21(17)27/h4-7,12-13,16,22H,8-11,14-15H2,1-3H3,(H,28,30)/t22-/m1/s1. The van der Waals surface area contributed by atoms with Gasteiger partial charge in [0.25, 0.3) is 0 Å². The molecule has 0 unspecified atom stereocenters. The van der Waals surface area contributed by atoms with Crippen LogP contribution in [0.4, 0.5) is 4.39 Å². The fourth-order valence-electron chi connectivity index (χ4n) is 4.62. The Hall–Kier alpha value is -2.31. The molecule has 2 aliphatic rings. The summed E-state index contributed by atoms with van der Waals surface area (Å²) in [5.74, 6) is 1.23. The molecule has 0 aromatic heterocycles. The van der Waals surface area contributed by atoms with Crippen LogP contribution in [0.15, 0.2) is 36.4 Å². The van der Waals surface area contributed by atoms with E-state index in [9.17, 15) is 9.18 Å². The molecule has 4 rings (SSSR count). The summed E-state index contributed by atoms with van der Waals surface area (Å²) < 4.78 is 25.6. The van der Waals surface area contributed by atoms with Gasteiger partial charge in [0.15, 0.2) is 0 Å². The van der Waals surface area contributed by atoms with Crippen LogP contribution in [0.25, 0.3) is 0 Å². The first-order valence-corrected chi connectivity index (χ1v) is 11.5. The molecular formula is C25H30ClFN2O3. The van der Waals surface area contributed by atoms with Crippen molar-refractivity contribution in [3.8, 4) is 11.5 Å². The highest BCUT2D eigenvalue weighted by Gasteiger charge is 2.36. The number of ether oxygens (including phenoxy) is 2. The van der Waals surface area contributed by atoms with Crippen molar-refractivity contribution in [2.24, 2.45) is 5.92 Å². The normalized spacial score (nSPS) is 20.8. The van der Waals surface area contributed by atoms with Crippen LogP contribution in [-0.4, -0.2) is 36.6 Å². The van der Waals surface area contributed by atoms with Gasteiger partial charge in [0.2, 0.25) is 5.91 Å². The van der Waals surface area contributed by atoms with Crippen molar-refractivity contribution in [1.29, 1.82) is 0 Å². The first-order valence-electron chi connectivity index (χ1n) is 11.1. The molecule has 1 atom stereocenters. The minimum atomic E-state index is -0.386. The van der Waals surface area contributed by atoms with Gasteiger partial charge >= 0.3 is 0 Å². The Kier molecular flexibility index (Phi) is 6.63. The van der Waals surface area contributed by atoms with Crippen LogP contribution in [0, 0.1) is 11.7 Å². The third-order valence-electron chi connectivity index (χ3n) is 6.36. The average Bonchev–Trinajstić information content (AvgIpc) is 2.75. The summed E-state index contributed by atoms with van der Waals surface area (Å²) in [5.41, 5.74) is 1.23. The summed E-state index contributed by atoms with van der Waals surface area (Å²) in [7, 11) is 1.63. The van der Waals surface area contributed by atoms with Crippen molar-refractivity contribution in [3.63, 3.8) is 0 Å². The van der Waals surface area contributed by atoms with Crippen LogP contribution in [0.1, 0.15) is 50.3 Å². The van der Waals surface area contributed by atoms with E-state index in [-0.39, 0.29) is 29.3 Å². The number of carbonyl (C=O) groups is 1. The molecule has 0 saturated carbocycles. The van der Waals surface area contributed by atoms with Crippen molar-refractivity contribution in [1.82, 2.24) is 10.2 Å². The molecule has 1 N–H and O–H groups in total. The monoisotopic (exact) mass is 460 g/mol. The highest BCUT2D eigenvalue weighted by Crippen LogP contribution is 2.41. The molecule has 2 aromatic rings. The Morgan fingerprint density at radius 2 is 2.00 bits per heavy atom. The largest absolute Gasteiger partial charge is 0.497 e. The first kappa shape index (κ1) is 22.9. The van der Waals surface area contributed by atoms with Gasteiger partial charge in [-0.3, -0.25) is 9.69 Å². The summed E-state index contributed by atoms with van der Waals surface area (Å²) >= 11 is 5.85. The predicted octanol–water partition coefficient (Wildman–Crippen LogP) is 5.12. The lowest BCUT2D eigenvalue weighted by molar-refractivity contribution is -0.127. The fraction of sp³-hybridized carbons (Fsp3) is 0.480. The van der Waals surface area contributed by atoms with Gasteiger partial charge in [0.1, 0.15) is 22.9 Å². The lowest BCUT2D eigenvalue weighted by Gasteiger charge is -2.39. The van der Waals surface area contributed by atoms with E-state index in [1.165, 1.54) is 6.07 Å². The maximum absolute atomic E-state index is 14.1. The maximum Gasteiger partial charge on any atom is 0.223 e. The van der Waals surface area contributed by atoms with Crippen molar-refractivity contribution < 1.29 is 18.7 Å². The number of carbonyl (C=O) groups excluding carboxylic acids is 1. The van der Waals surface area contributed by atoms with Crippen LogP contribution in [0.2, 0.25) is 5.02 Å². The summed E-state index contributed by atoms with van der Waals surface area (Å²) in [5, 5.41) is 3.67.